The first-order chi connectivity index (χ1) is 8.09. The van der Waals surface area contributed by atoms with Crippen molar-refractivity contribution in [1.29, 1.82) is 0 Å². The maximum atomic E-state index is 11.5. The lowest BCUT2D eigenvalue weighted by atomic mass is 10.4. The Hall–Kier alpha value is -1.75. The van der Waals surface area contributed by atoms with Gasteiger partial charge in [-0.15, -0.1) is 0 Å². The lowest BCUT2D eigenvalue weighted by molar-refractivity contribution is 0.703. The number of H-pyrrole nitrogens is 1. The van der Waals surface area contributed by atoms with E-state index >= 15 is 0 Å². The van der Waals surface area contributed by atoms with E-state index in [9.17, 15) is 9.59 Å². The summed E-state index contributed by atoms with van der Waals surface area (Å²) < 4.78 is 1.45. The Morgan fingerprint density at radius 2 is 1.82 bits per heavy atom. The van der Waals surface area contributed by atoms with Crippen LogP contribution in [-0.4, -0.2) is 9.55 Å². The topological polar surface area (TPSA) is 54.9 Å². The Labute approximate surface area is 102 Å². The van der Waals surface area contributed by atoms with Crippen molar-refractivity contribution in [3.63, 3.8) is 0 Å². The maximum absolute atomic E-state index is 11.5. The molecule has 1 aromatic carbocycles. The Morgan fingerprint density at radius 1 is 1.18 bits per heavy atom. The molecule has 0 saturated carbocycles. The SMILES string of the molecule is Cc1c(Sc2ccccc2)n(C)c(=O)[nH]c1=O. The van der Waals surface area contributed by atoms with Gasteiger partial charge in [0, 0.05) is 17.5 Å². The van der Waals surface area contributed by atoms with Gasteiger partial charge in [0.25, 0.3) is 5.56 Å². The van der Waals surface area contributed by atoms with E-state index in [2.05, 4.69) is 4.98 Å². The summed E-state index contributed by atoms with van der Waals surface area (Å²) in [4.78, 5) is 26.3. The first kappa shape index (κ1) is 11.7. The van der Waals surface area contributed by atoms with Crippen LogP contribution in [0.25, 0.3) is 0 Å². The number of aromatic amines is 1. The monoisotopic (exact) mass is 248 g/mol. The van der Waals surface area contributed by atoms with Gasteiger partial charge in [0.15, 0.2) is 0 Å². The lowest BCUT2D eigenvalue weighted by Gasteiger charge is -2.09. The molecule has 0 unspecified atom stereocenters. The highest BCUT2D eigenvalue weighted by atomic mass is 32.2. The van der Waals surface area contributed by atoms with E-state index in [0.717, 1.165) is 4.90 Å². The fourth-order valence-electron chi connectivity index (χ4n) is 1.46. The van der Waals surface area contributed by atoms with Crippen molar-refractivity contribution in [3.05, 3.63) is 56.7 Å². The zero-order valence-electron chi connectivity index (χ0n) is 9.56. The minimum atomic E-state index is -0.390. The molecule has 0 saturated heterocycles. The number of rotatable bonds is 2. The van der Waals surface area contributed by atoms with Gasteiger partial charge in [-0.05, 0) is 19.1 Å². The molecule has 2 aromatic rings. The second-order valence-electron chi connectivity index (χ2n) is 3.66. The number of hydrogen-bond donors (Lipinski definition) is 1. The normalized spacial score (nSPS) is 10.5. The number of nitrogens with one attached hydrogen (secondary N) is 1. The molecule has 0 aliphatic carbocycles. The number of benzene rings is 1. The third-order valence-electron chi connectivity index (χ3n) is 2.45. The third-order valence-corrected chi connectivity index (χ3v) is 3.73. The van der Waals surface area contributed by atoms with E-state index in [-0.39, 0.29) is 11.2 Å². The van der Waals surface area contributed by atoms with Crippen molar-refractivity contribution in [1.82, 2.24) is 9.55 Å². The molecule has 0 aliphatic heterocycles. The predicted molar refractivity (Wildman–Crippen MR) is 67.6 cm³/mol. The molecular weight excluding hydrogens is 236 g/mol. The van der Waals surface area contributed by atoms with Gasteiger partial charge in [-0.1, -0.05) is 30.0 Å². The number of nitrogens with zero attached hydrogens (tertiary/aromatic N) is 1. The van der Waals surface area contributed by atoms with Crippen molar-refractivity contribution >= 4 is 11.8 Å². The summed E-state index contributed by atoms with van der Waals surface area (Å²) in [6.45, 7) is 1.71. The quantitative estimate of drug-likeness (QED) is 0.820. The smallest absolute Gasteiger partial charge is 0.291 e. The van der Waals surface area contributed by atoms with Crippen LogP contribution in [0.15, 0.2) is 49.8 Å². The molecule has 0 radical (unpaired) electrons. The van der Waals surface area contributed by atoms with Gasteiger partial charge in [0.05, 0.1) is 5.03 Å². The van der Waals surface area contributed by atoms with E-state index in [1.807, 2.05) is 30.3 Å². The van der Waals surface area contributed by atoms with Crippen LogP contribution in [0.4, 0.5) is 0 Å². The van der Waals surface area contributed by atoms with E-state index in [1.165, 1.54) is 16.3 Å². The predicted octanol–water partition coefficient (Wildman–Crippen LogP) is 1.53. The van der Waals surface area contributed by atoms with Crippen molar-refractivity contribution in [2.24, 2.45) is 7.05 Å². The molecule has 1 heterocycles. The fraction of sp³-hybridized carbons (Fsp3) is 0.167. The van der Waals surface area contributed by atoms with Crippen LogP contribution in [0.5, 0.6) is 0 Å². The Kier molecular flexibility index (Phi) is 3.19. The second-order valence-corrected chi connectivity index (χ2v) is 4.73. The summed E-state index contributed by atoms with van der Waals surface area (Å²) in [7, 11) is 1.65. The minimum absolute atomic E-state index is 0.327. The highest BCUT2D eigenvalue weighted by Crippen LogP contribution is 2.26. The summed E-state index contributed by atoms with van der Waals surface area (Å²) in [6, 6.07) is 9.64. The molecule has 0 bridgehead atoms. The first-order valence-electron chi connectivity index (χ1n) is 5.12. The van der Waals surface area contributed by atoms with Crippen molar-refractivity contribution < 1.29 is 0 Å². The molecule has 5 heteroatoms. The third kappa shape index (κ3) is 2.34. The van der Waals surface area contributed by atoms with Crippen LogP contribution in [0.2, 0.25) is 0 Å². The van der Waals surface area contributed by atoms with Crippen LogP contribution >= 0.6 is 11.8 Å². The molecule has 0 aliphatic rings. The molecule has 2 rings (SSSR count). The largest absolute Gasteiger partial charge is 0.328 e. The van der Waals surface area contributed by atoms with E-state index in [1.54, 1.807) is 14.0 Å². The summed E-state index contributed by atoms with van der Waals surface area (Å²) >= 11 is 1.41. The van der Waals surface area contributed by atoms with Gasteiger partial charge in [0.1, 0.15) is 0 Å². The zero-order chi connectivity index (χ0) is 12.4. The first-order valence-corrected chi connectivity index (χ1v) is 5.94. The average molecular weight is 248 g/mol. The Morgan fingerprint density at radius 3 is 2.47 bits per heavy atom. The van der Waals surface area contributed by atoms with Crippen molar-refractivity contribution in [2.75, 3.05) is 0 Å². The summed E-state index contributed by atoms with van der Waals surface area (Å²) in [5.74, 6) is 0. The van der Waals surface area contributed by atoms with Crippen LogP contribution in [-0.2, 0) is 7.05 Å². The van der Waals surface area contributed by atoms with Crippen molar-refractivity contribution in [2.45, 2.75) is 16.8 Å². The molecule has 17 heavy (non-hydrogen) atoms. The van der Waals surface area contributed by atoms with Crippen LogP contribution in [0.1, 0.15) is 5.56 Å². The van der Waals surface area contributed by atoms with Crippen LogP contribution < -0.4 is 11.2 Å². The van der Waals surface area contributed by atoms with Gasteiger partial charge in [-0.2, -0.15) is 0 Å². The van der Waals surface area contributed by atoms with E-state index in [4.69, 9.17) is 0 Å². The average Bonchev–Trinajstić information content (AvgIpc) is 2.33. The highest BCUT2D eigenvalue weighted by Gasteiger charge is 2.09. The molecule has 88 valence electrons. The standard InChI is InChI=1S/C12H12N2O2S/c1-8-10(15)13-12(16)14(2)11(8)17-9-6-4-3-5-7-9/h3-7H,1-2H3,(H,13,15,16). The summed E-state index contributed by atoms with van der Waals surface area (Å²) in [5.41, 5.74) is -0.161. The zero-order valence-corrected chi connectivity index (χ0v) is 10.4. The summed E-state index contributed by atoms with van der Waals surface area (Å²) in [6.07, 6.45) is 0. The van der Waals surface area contributed by atoms with Gasteiger partial charge in [0.2, 0.25) is 0 Å². The summed E-state index contributed by atoms with van der Waals surface area (Å²) in [5, 5.41) is 0.671. The van der Waals surface area contributed by atoms with E-state index < -0.39 is 0 Å². The van der Waals surface area contributed by atoms with Gasteiger partial charge in [-0.3, -0.25) is 14.3 Å². The lowest BCUT2D eigenvalue weighted by Crippen LogP contribution is -2.31. The Balaban J connectivity index is 2.53. The van der Waals surface area contributed by atoms with Gasteiger partial charge < -0.3 is 0 Å². The number of hydrogen-bond acceptors (Lipinski definition) is 3. The van der Waals surface area contributed by atoms with Crippen molar-refractivity contribution in [3.8, 4) is 0 Å². The molecule has 0 spiro atoms. The highest BCUT2D eigenvalue weighted by molar-refractivity contribution is 7.99. The van der Waals surface area contributed by atoms with E-state index in [0.29, 0.717) is 10.6 Å². The van der Waals surface area contributed by atoms with Gasteiger partial charge >= 0.3 is 5.69 Å². The molecular formula is C12H12N2O2S. The molecule has 1 aromatic heterocycles. The fourth-order valence-corrected chi connectivity index (χ4v) is 2.44. The minimum Gasteiger partial charge on any atom is -0.291 e. The second kappa shape index (κ2) is 4.63. The molecule has 0 fully saturated rings. The Bertz CT molecular complexity index is 610. The van der Waals surface area contributed by atoms with Crippen LogP contribution in [0, 0.1) is 6.92 Å². The van der Waals surface area contributed by atoms with Gasteiger partial charge in [-0.25, -0.2) is 4.79 Å². The molecule has 0 atom stereocenters. The van der Waals surface area contributed by atoms with Crippen LogP contribution in [0.3, 0.4) is 0 Å². The maximum Gasteiger partial charge on any atom is 0.328 e. The number of aromatic nitrogens is 2. The molecule has 0 amide bonds. The molecule has 4 nitrogen and oxygen atoms in total. The molecule has 1 N–H and O–H groups in total.